The summed E-state index contributed by atoms with van der Waals surface area (Å²) in [4.78, 5) is 19.9. The number of hydrogen-bond donors (Lipinski definition) is 1. The van der Waals surface area contributed by atoms with Crippen LogP contribution in [0.4, 0.5) is 10.1 Å². The molecular weight excluding hydrogens is 435 g/mol. The second-order valence-corrected chi connectivity index (χ2v) is 7.08. The van der Waals surface area contributed by atoms with E-state index in [4.69, 9.17) is 21.1 Å². The molecule has 0 saturated heterocycles. The van der Waals surface area contributed by atoms with Crippen molar-refractivity contribution >= 4 is 29.3 Å². The number of nitrogens with one attached hydrogen (secondary N) is 1. The molecule has 1 amide bonds. The van der Waals surface area contributed by atoms with Crippen LogP contribution in [0.5, 0.6) is 17.4 Å². The van der Waals surface area contributed by atoms with Gasteiger partial charge in [0.05, 0.1) is 13.3 Å². The lowest BCUT2D eigenvalue weighted by Gasteiger charge is -2.11. The van der Waals surface area contributed by atoms with Crippen LogP contribution in [0.2, 0.25) is 5.28 Å². The number of benzene rings is 2. The number of aromatic nitrogens is 2. The molecule has 0 unspecified atom stereocenters. The summed E-state index contributed by atoms with van der Waals surface area (Å²) in [5, 5.41) is 12.0. The molecule has 3 aromatic rings. The van der Waals surface area contributed by atoms with Crippen molar-refractivity contribution in [1.82, 2.24) is 9.97 Å². The van der Waals surface area contributed by atoms with E-state index in [9.17, 15) is 14.4 Å². The number of rotatable bonds is 6. The monoisotopic (exact) mass is 452 g/mol. The highest BCUT2D eigenvalue weighted by Crippen LogP contribution is 2.33. The van der Waals surface area contributed by atoms with Gasteiger partial charge >= 0.3 is 0 Å². The molecular formula is C23H18ClFN4O3. The molecule has 32 heavy (non-hydrogen) atoms. The van der Waals surface area contributed by atoms with Gasteiger partial charge in [0.1, 0.15) is 11.6 Å². The molecule has 0 aliphatic carbocycles. The van der Waals surface area contributed by atoms with Crippen LogP contribution in [-0.4, -0.2) is 23.0 Å². The van der Waals surface area contributed by atoms with E-state index in [2.05, 4.69) is 15.3 Å². The van der Waals surface area contributed by atoms with E-state index in [1.807, 2.05) is 32.0 Å². The van der Waals surface area contributed by atoms with E-state index < -0.39 is 17.6 Å². The Labute approximate surface area is 189 Å². The topological polar surface area (TPSA) is 97.1 Å². The Balaban J connectivity index is 1.90. The quantitative estimate of drug-likeness (QED) is 0.312. The summed E-state index contributed by atoms with van der Waals surface area (Å²) in [6.45, 7) is 3.81. The zero-order chi connectivity index (χ0) is 23.3. The minimum absolute atomic E-state index is 0.113. The molecule has 0 bridgehead atoms. The maximum absolute atomic E-state index is 14.0. The van der Waals surface area contributed by atoms with E-state index in [0.717, 1.165) is 17.3 Å². The van der Waals surface area contributed by atoms with Crippen molar-refractivity contribution in [2.45, 2.75) is 13.8 Å². The highest BCUT2D eigenvalue weighted by molar-refractivity contribution is 6.28. The molecule has 0 fully saturated rings. The third-order valence-electron chi connectivity index (χ3n) is 4.38. The fourth-order valence-corrected chi connectivity index (χ4v) is 2.95. The fraction of sp³-hybridized carbons (Fsp3) is 0.130. The summed E-state index contributed by atoms with van der Waals surface area (Å²) in [6.07, 6.45) is 2.26. The lowest BCUT2D eigenvalue weighted by Crippen LogP contribution is -2.14. The fourth-order valence-electron chi connectivity index (χ4n) is 2.83. The second kappa shape index (κ2) is 9.90. The van der Waals surface area contributed by atoms with Gasteiger partial charge in [-0.15, -0.1) is 0 Å². The van der Waals surface area contributed by atoms with Crippen LogP contribution in [0.1, 0.15) is 16.7 Å². The lowest BCUT2D eigenvalue weighted by molar-refractivity contribution is -0.112. The third kappa shape index (κ3) is 5.39. The summed E-state index contributed by atoms with van der Waals surface area (Å²) in [5.74, 6) is -1.37. The first-order valence-corrected chi connectivity index (χ1v) is 9.73. The van der Waals surface area contributed by atoms with Crippen molar-refractivity contribution in [2.24, 2.45) is 0 Å². The lowest BCUT2D eigenvalue weighted by atomic mass is 10.1. The summed E-state index contributed by atoms with van der Waals surface area (Å²) < 4.78 is 24.7. The number of amides is 1. The molecule has 0 radical (unpaired) electrons. The van der Waals surface area contributed by atoms with Gasteiger partial charge in [0.25, 0.3) is 11.8 Å². The van der Waals surface area contributed by atoms with E-state index >= 15 is 0 Å². The van der Waals surface area contributed by atoms with E-state index in [-0.39, 0.29) is 22.4 Å². The van der Waals surface area contributed by atoms with Crippen LogP contribution in [0.3, 0.4) is 0 Å². The van der Waals surface area contributed by atoms with E-state index in [0.29, 0.717) is 11.3 Å². The van der Waals surface area contributed by atoms with Gasteiger partial charge < -0.3 is 14.8 Å². The van der Waals surface area contributed by atoms with Crippen molar-refractivity contribution < 1.29 is 18.7 Å². The van der Waals surface area contributed by atoms with E-state index in [1.165, 1.54) is 19.3 Å². The van der Waals surface area contributed by atoms with Crippen molar-refractivity contribution in [2.75, 3.05) is 12.4 Å². The molecule has 0 spiro atoms. The molecule has 0 saturated carbocycles. The van der Waals surface area contributed by atoms with E-state index in [1.54, 1.807) is 18.2 Å². The number of carbonyl (C=O) groups is 1. The highest BCUT2D eigenvalue weighted by Gasteiger charge is 2.15. The zero-order valence-electron chi connectivity index (χ0n) is 17.4. The Bertz CT molecular complexity index is 1250. The van der Waals surface area contributed by atoms with Gasteiger partial charge in [-0.2, -0.15) is 14.6 Å². The van der Waals surface area contributed by atoms with Crippen molar-refractivity contribution in [3.8, 4) is 23.4 Å². The number of ether oxygens (including phenoxy) is 2. The maximum atomic E-state index is 14.0. The molecule has 7 nitrogen and oxygen atoms in total. The molecule has 0 atom stereocenters. The highest BCUT2D eigenvalue weighted by atomic mass is 35.5. The molecule has 0 aliphatic heterocycles. The third-order valence-corrected chi connectivity index (χ3v) is 4.57. The SMILES string of the molecule is COc1ccc(/C=C(\C#N)C(=O)Nc2ccc(C)cc2C)cc1Oc1nc(Cl)ncc1F. The molecule has 162 valence electrons. The molecule has 1 N–H and O–H groups in total. The Morgan fingerprint density at radius 3 is 2.69 bits per heavy atom. The summed E-state index contributed by atoms with van der Waals surface area (Å²) in [6, 6.07) is 12.1. The van der Waals surface area contributed by atoms with Gasteiger partial charge in [-0.25, -0.2) is 4.98 Å². The van der Waals surface area contributed by atoms with Crippen LogP contribution < -0.4 is 14.8 Å². The first-order valence-electron chi connectivity index (χ1n) is 9.35. The number of aryl methyl sites for hydroxylation is 2. The number of nitrogens with zero attached hydrogens (tertiary/aromatic N) is 3. The molecule has 2 aromatic carbocycles. The maximum Gasteiger partial charge on any atom is 0.266 e. The van der Waals surface area contributed by atoms with Gasteiger partial charge in [-0.3, -0.25) is 4.79 Å². The second-order valence-electron chi connectivity index (χ2n) is 6.75. The molecule has 1 aromatic heterocycles. The first-order chi connectivity index (χ1) is 15.3. The largest absolute Gasteiger partial charge is 0.493 e. The van der Waals surface area contributed by atoms with Crippen molar-refractivity contribution in [1.29, 1.82) is 5.26 Å². The van der Waals surface area contributed by atoms with Crippen LogP contribution in [0.25, 0.3) is 6.08 Å². The Morgan fingerprint density at radius 2 is 2.00 bits per heavy atom. The Kier molecular flexibility index (Phi) is 7.03. The van der Waals surface area contributed by atoms with Crippen molar-refractivity contribution in [3.63, 3.8) is 0 Å². The average Bonchev–Trinajstić information content (AvgIpc) is 2.76. The number of anilines is 1. The summed E-state index contributed by atoms with van der Waals surface area (Å²) in [7, 11) is 1.42. The standard InChI is InChI=1S/C23H18ClFN4O3/c1-13-4-6-18(14(2)8-13)28-21(30)16(11-26)9-15-5-7-19(31-3)20(10-15)32-22-17(25)12-27-23(24)29-22/h4-10,12H,1-3H3,(H,28,30)/b16-9+. The predicted molar refractivity (Wildman–Crippen MR) is 118 cm³/mol. The minimum Gasteiger partial charge on any atom is -0.493 e. The van der Waals surface area contributed by atoms with Gasteiger partial charge in [0.2, 0.25) is 11.1 Å². The van der Waals surface area contributed by atoms with Crippen LogP contribution in [-0.2, 0) is 4.79 Å². The normalized spacial score (nSPS) is 10.9. The number of methoxy groups -OCH3 is 1. The van der Waals surface area contributed by atoms with Crippen LogP contribution >= 0.6 is 11.6 Å². The number of halogens is 2. The van der Waals surface area contributed by atoms with Gasteiger partial charge in [-0.05, 0) is 60.9 Å². The minimum atomic E-state index is -0.817. The van der Waals surface area contributed by atoms with Crippen LogP contribution in [0, 0.1) is 31.0 Å². The Hall–Kier alpha value is -3.96. The van der Waals surface area contributed by atoms with Gasteiger partial charge in [0.15, 0.2) is 11.5 Å². The number of carbonyl (C=O) groups excluding carboxylic acids is 1. The van der Waals surface area contributed by atoms with Crippen LogP contribution in [0.15, 0.2) is 48.2 Å². The predicted octanol–water partition coefficient (Wildman–Crippen LogP) is 5.23. The van der Waals surface area contributed by atoms with Gasteiger partial charge in [-0.1, -0.05) is 23.8 Å². The Morgan fingerprint density at radius 1 is 1.22 bits per heavy atom. The smallest absolute Gasteiger partial charge is 0.266 e. The number of hydrogen-bond acceptors (Lipinski definition) is 6. The molecule has 9 heteroatoms. The molecule has 1 heterocycles. The molecule has 3 rings (SSSR count). The average molecular weight is 453 g/mol. The summed E-state index contributed by atoms with van der Waals surface area (Å²) in [5.41, 5.74) is 2.87. The molecule has 0 aliphatic rings. The zero-order valence-corrected chi connectivity index (χ0v) is 18.2. The van der Waals surface area contributed by atoms with Gasteiger partial charge in [0, 0.05) is 5.69 Å². The van der Waals surface area contributed by atoms with Crippen molar-refractivity contribution in [3.05, 3.63) is 76.0 Å². The number of nitriles is 1. The summed E-state index contributed by atoms with van der Waals surface area (Å²) >= 11 is 5.71. The first kappa shape index (κ1) is 22.7.